The van der Waals surface area contributed by atoms with Crippen LogP contribution in [0.5, 0.6) is 0 Å². The van der Waals surface area contributed by atoms with E-state index in [0.717, 1.165) is 4.90 Å². The second-order valence-corrected chi connectivity index (χ2v) is 8.40. The number of hydrogen-bond donors (Lipinski definition) is 2. The SMILES string of the molecule is CC(C)(C)OC(=O)N1C[C@H](Sc2ccc(Cl)cc2)C(O)(CO)C1. The molecule has 0 bridgehead atoms. The summed E-state index contributed by atoms with van der Waals surface area (Å²) in [5.74, 6) is 0. The summed E-state index contributed by atoms with van der Waals surface area (Å²) in [7, 11) is 0. The molecule has 1 aliphatic heterocycles. The first-order valence-electron chi connectivity index (χ1n) is 7.36. The van der Waals surface area contributed by atoms with Gasteiger partial charge in [-0.1, -0.05) is 11.6 Å². The predicted molar refractivity (Wildman–Crippen MR) is 90.9 cm³/mol. The molecule has 1 aromatic rings. The number of benzene rings is 1. The number of ether oxygens (including phenoxy) is 1. The minimum absolute atomic E-state index is 0.0453. The first-order valence-corrected chi connectivity index (χ1v) is 8.62. The molecule has 2 atom stereocenters. The van der Waals surface area contributed by atoms with Crippen LogP contribution in [0.3, 0.4) is 0 Å². The van der Waals surface area contributed by atoms with Gasteiger partial charge in [0.2, 0.25) is 0 Å². The lowest BCUT2D eigenvalue weighted by Gasteiger charge is -2.26. The predicted octanol–water partition coefficient (Wildman–Crippen LogP) is 2.77. The van der Waals surface area contributed by atoms with Gasteiger partial charge in [0, 0.05) is 16.5 Å². The second kappa shape index (κ2) is 6.89. The molecule has 2 N–H and O–H groups in total. The summed E-state index contributed by atoms with van der Waals surface area (Å²) in [5, 5.41) is 20.5. The van der Waals surface area contributed by atoms with Gasteiger partial charge in [0.25, 0.3) is 0 Å². The monoisotopic (exact) mass is 359 g/mol. The molecule has 23 heavy (non-hydrogen) atoms. The van der Waals surface area contributed by atoms with E-state index in [1.807, 2.05) is 12.1 Å². The lowest BCUT2D eigenvalue weighted by Crippen LogP contribution is -2.44. The van der Waals surface area contributed by atoms with E-state index >= 15 is 0 Å². The van der Waals surface area contributed by atoms with Crippen LogP contribution < -0.4 is 0 Å². The zero-order valence-electron chi connectivity index (χ0n) is 13.5. The highest BCUT2D eigenvalue weighted by molar-refractivity contribution is 8.00. The third-order valence-electron chi connectivity index (χ3n) is 3.47. The Morgan fingerprint density at radius 3 is 2.57 bits per heavy atom. The molecule has 2 rings (SSSR count). The Morgan fingerprint density at radius 1 is 1.43 bits per heavy atom. The van der Waals surface area contributed by atoms with Crippen LogP contribution in [0.2, 0.25) is 5.02 Å². The average Bonchev–Trinajstić information content (AvgIpc) is 2.78. The van der Waals surface area contributed by atoms with E-state index in [1.54, 1.807) is 32.9 Å². The van der Waals surface area contributed by atoms with E-state index in [4.69, 9.17) is 16.3 Å². The van der Waals surface area contributed by atoms with Gasteiger partial charge in [-0.3, -0.25) is 0 Å². The van der Waals surface area contributed by atoms with E-state index in [0.29, 0.717) is 11.6 Å². The van der Waals surface area contributed by atoms with Crippen molar-refractivity contribution in [2.45, 2.75) is 42.1 Å². The normalized spacial score (nSPS) is 24.8. The molecule has 0 saturated carbocycles. The summed E-state index contributed by atoms with van der Waals surface area (Å²) in [6.07, 6.45) is -0.483. The molecule has 5 nitrogen and oxygen atoms in total. The second-order valence-electron chi connectivity index (χ2n) is 6.68. The molecule has 0 radical (unpaired) electrons. The minimum atomic E-state index is -1.36. The number of hydrogen-bond acceptors (Lipinski definition) is 5. The standard InChI is InChI=1S/C16H22ClNO4S/c1-15(2,3)22-14(20)18-8-13(16(21,9-18)10-19)23-12-6-4-11(17)5-7-12/h4-7,13,19,21H,8-10H2,1-3H3/t13-,16?/m0/s1. The summed E-state index contributed by atoms with van der Waals surface area (Å²) >= 11 is 7.28. The number of likely N-dealkylation sites (tertiary alicyclic amines) is 1. The minimum Gasteiger partial charge on any atom is -0.444 e. The van der Waals surface area contributed by atoms with Crippen molar-refractivity contribution in [2.75, 3.05) is 19.7 Å². The highest BCUT2D eigenvalue weighted by atomic mass is 35.5. The summed E-state index contributed by atoms with van der Waals surface area (Å²) in [5.41, 5.74) is -1.96. The maximum atomic E-state index is 12.2. The van der Waals surface area contributed by atoms with Gasteiger partial charge in [-0.25, -0.2) is 4.79 Å². The number of β-amino-alcohol motifs (C(OH)–C–C–N with tert-alkyl or cyclic N) is 1. The average molecular weight is 360 g/mol. The number of halogens is 1. The fourth-order valence-electron chi connectivity index (χ4n) is 2.31. The Kier molecular flexibility index (Phi) is 5.51. The van der Waals surface area contributed by atoms with Crippen molar-refractivity contribution < 1.29 is 19.7 Å². The molecule has 1 unspecified atom stereocenters. The van der Waals surface area contributed by atoms with Gasteiger partial charge in [-0.2, -0.15) is 0 Å². The Labute approximate surface area is 145 Å². The van der Waals surface area contributed by atoms with Crippen molar-refractivity contribution in [2.24, 2.45) is 0 Å². The quantitative estimate of drug-likeness (QED) is 0.868. The van der Waals surface area contributed by atoms with Crippen LogP contribution in [0.4, 0.5) is 4.79 Å². The van der Waals surface area contributed by atoms with Crippen molar-refractivity contribution in [1.82, 2.24) is 4.90 Å². The molecule has 1 heterocycles. The molecule has 0 spiro atoms. The van der Waals surface area contributed by atoms with Crippen molar-refractivity contribution in [3.8, 4) is 0 Å². The fraction of sp³-hybridized carbons (Fsp3) is 0.562. The summed E-state index contributed by atoms with van der Waals surface area (Å²) in [4.78, 5) is 14.5. The van der Waals surface area contributed by atoms with E-state index in [2.05, 4.69) is 0 Å². The van der Waals surface area contributed by atoms with Gasteiger partial charge in [-0.15, -0.1) is 11.8 Å². The number of rotatable bonds is 3. The van der Waals surface area contributed by atoms with Crippen molar-refractivity contribution >= 4 is 29.5 Å². The molecular weight excluding hydrogens is 338 g/mol. The number of carbonyl (C=O) groups excluding carboxylic acids is 1. The third-order valence-corrected chi connectivity index (χ3v) is 5.14. The van der Waals surface area contributed by atoms with Gasteiger partial charge in [0.05, 0.1) is 18.4 Å². The Hall–Kier alpha value is -0.950. The van der Waals surface area contributed by atoms with Crippen LogP contribution in [0.15, 0.2) is 29.2 Å². The number of aliphatic hydroxyl groups excluding tert-OH is 1. The lowest BCUT2D eigenvalue weighted by molar-refractivity contribution is -0.00976. The molecule has 128 valence electrons. The Morgan fingerprint density at radius 2 is 2.04 bits per heavy atom. The van der Waals surface area contributed by atoms with Gasteiger partial charge in [-0.05, 0) is 45.0 Å². The zero-order valence-corrected chi connectivity index (χ0v) is 15.0. The van der Waals surface area contributed by atoms with Crippen LogP contribution in [-0.2, 0) is 4.74 Å². The molecule has 1 saturated heterocycles. The number of aliphatic hydroxyl groups is 2. The molecule has 1 fully saturated rings. The van der Waals surface area contributed by atoms with E-state index in [9.17, 15) is 15.0 Å². The lowest BCUT2D eigenvalue weighted by atomic mass is 10.1. The van der Waals surface area contributed by atoms with Gasteiger partial charge < -0.3 is 19.8 Å². The maximum Gasteiger partial charge on any atom is 0.410 e. The largest absolute Gasteiger partial charge is 0.444 e. The van der Waals surface area contributed by atoms with Crippen LogP contribution in [0, 0.1) is 0 Å². The van der Waals surface area contributed by atoms with E-state index in [-0.39, 0.29) is 11.8 Å². The molecule has 1 amide bonds. The zero-order chi connectivity index (χ0) is 17.3. The maximum absolute atomic E-state index is 12.2. The van der Waals surface area contributed by atoms with Gasteiger partial charge >= 0.3 is 6.09 Å². The topological polar surface area (TPSA) is 70.0 Å². The molecule has 1 aromatic carbocycles. The first kappa shape index (κ1) is 18.4. The summed E-state index contributed by atoms with van der Waals surface area (Å²) in [6, 6.07) is 7.23. The van der Waals surface area contributed by atoms with Crippen LogP contribution in [-0.4, -0.2) is 57.4 Å². The van der Waals surface area contributed by atoms with Crippen molar-refractivity contribution in [1.29, 1.82) is 0 Å². The van der Waals surface area contributed by atoms with Gasteiger partial charge in [0.15, 0.2) is 0 Å². The first-order chi connectivity index (χ1) is 10.6. The van der Waals surface area contributed by atoms with E-state index < -0.39 is 23.9 Å². The van der Waals surface area contributed by atoms with E-state index in [1.165, 1.54) is 16.7 Å². The molecule has 7 heteroatoms. The highest BCUT2D eigenvalue weighted by Gasteiger charge is 2.48. The van der Waals surface area contributed by atoms with Crippen LogP contribution >= 0.6 is 23.4 Å². The fourth-order valence-corrected chi connectivity index (χ4v) is 3.68. The summed E-state index contributed by atoms with van der Waals surface area (Å²) < 4.78 is 5.34. The highest BCUT2D eigenvalue weighted by Crippen LogP contribution is 2.37. The summed E-state index contributed by atoms with van der Waals surface area (Å²) in [6.45, 7) is 5.30. The molecule has 1 aliphatic rings. The number of amides is 1. The number of thioether (sulfide) groups is 1. The molecule has 0 aromatic heterocycles. The van der Waals surface area contributed by atoms with Crippen molar-refractivity contribution in [3.63, 3.8) is 0 Å². The molecule has 0 aliphatic carbocycles. The smallest absolute Gasteiger partial charge is 0.410 e. The Balaban J connectivity index is 2.09. The van der Waals surface area contributed by atoms with Crippen LogP contribution in [0.1, 0.15) is 20.8 Å². The molecular formula is C16H22ClNO4S. The van der Waals surface area contributed by atoms with Crippen molar-refractivity contribution in [3.05, 3.63) is 29.3 Å². The van der Waals surface area contributed by atoms with Gasteiger partial charge in [0.1, 0.15) is 11.2 Å². The van der Waals surface area contributed by atoms with Crippen LogP contribution in [0.25, 0.3) is 0 Å². The Bertz CT molecular complexity index is 560. The number of carbonyl (C=O) groups is 1. The number of nitrogens with zero attached hydrogens (tertiary/aromatic N) is 1. The third kappa shape index (κ3) is 4.76.